The third kappa shape index (κ3) is 4.22. The Kier molecular flexibility index (Phi) is 6.92. The van der Waals surface area contributed by atoms with Crippen LogP contribution in [0.15, 0.2) is 29.1 Å². The molecule has 40 heavy (non-hydrogen) atoms. The molecule has 0 spiro atoms. The van der Waals surface area contributed by atoms with Crippen LogP contribution in [0, 0.1) is 0 Å². The smallest absolute Gasteiger partial charge is 0.343 e. The molecule has 1 atom stereocenters. The molecule has 0 unspecified atom stereocenters. The Morgan fingerprint density at radius 3 is 2.55 bits per heavy atom. The Hall–Kier alpha value is -3.27. The number of phenols is 1. The second kappa shape index (κ2) is 10.3. The summed E-state index contributed by atoms with van der Waals surface area (Å²) in [4.78, 5) is 36.5. The first-order chi connectivity index (χ1) is 19.3. The van der Waals surface area contributed by atoms with E-state index < -0.39 is 11.6 Å². The van der Waals surface area contributed by atoms with Crippen molar-refractivity contribution in [3.63, 3.8) is 0 Å². The average Bonchev–Trinajstić information content (AvgIpc) is 3.33. The molecule has 9 heteroatoms. The van der Waals surface area contributed by atoms with Gasteiger partial charge in [-0.25, -0.2) is 9.78 Å². The number of cyclic esters (lactones) is 1. The van der Waals surface area contributed by atoms with Gasteiger partial charge in [-0.2, -0.15) is 0 Å². The van der Waals surface area contributed by atoms with Gasteiger partial charge in [0.05, 0.1) is 29.0 Å². The fourth-order valence-electron chi connectivity index (χ4n) is 7.02. The van der Waals surface area contributed by atoms with Gasteiger partial charge in [-0.3, -0.25) is 4.79 Å². The van der Waals surface area contributed by atoms with Crippen LogP contribution >= 0.6 is 0 Å². The summed E-state index contributed by atoms with van der Waals surface area (Å²) in [5, 5.41) is 22.8. The van der Waals surface area contributed by atoms with Crippen LogP contribution < -0.4 is 5.56 Å². The van der Waals surface area contributed by atoms with Crippen molar-refractivity contribution >= 4 is 16.9 Å². The van der Waals surface area contributed by atoms with Crippen molar-refractivity contribution in [2.45, 2.75) is 71.2 Å². The first-order valence-corrected chi connectivity index (χ1v) is 14.6. The van der Waals surface area contributed by atoms with Gasteiger partial charge in [0, 0.05) is 35.5 Å². The SMILES string of the molecule is CCc1c2c(nc3ccc(O)cc13)-c1cc3c(c(=O)n1C2)COC(=O)[C@]3(O)CCN1CCC(N(CC)CC)CC1. The van der Waals surface area contributed by atoms with E-state index in [1.165, 1.54) is 0 Å². The van der Waals surface area contributed by atoms with E-state index in [0.29, 0.717) is 48.1 Å². The lowest BCUT2D eigenvalue weighted by atomic mass is 9.85. The lowest BCUT2D eigenvalue weighted by Gasteiger charge is -2.39. The summed E-state index contributed by atoms with van der Waals surface area (Å²) < 4.78 is 7.08. The Bertz CT molecular complexity index is 1540. The highest BCUT2D eigenvalue weighted by Crippen LogP contribution is 2.41. The summed E-state index contributed by atoms with van der Waals surface area (Å²) >= 11 is 0. The largest absolute Gasteiger partial charge is 0.508 e. The maximum Gasteiger partial charge on any atom is 0.343 e. The number of likely N-dealkylation sites (tertiary alicyclic amines) is 1. The van der Waals surface area contributed by atoms with Crippen molar-refractivity contribution in [2.24, 2.45) is 0 Å². The molecule has 0 amide bonds. The third-order valence-electron chi connectivity index (χ3n) is 9.31. The Balaban J connectivity index is 1.34. The van der Waals surface area contributed by atoms with Crippen molar-refractivity contribution in [3.05, 3.63) is 56.9 Å². The van der Waals surface area contributed by atoms with Crippen LogP contribution in [0.25, 0.3) is 22.3 Å². The number of benzene rings is 1. The highest BCUT2D eigenvalue weighted by atomic mass is 16.6. The van der Waals surface area contributed by atoms with Crippen LogP contribution in [-0.2, 0) is 34.7 Å². The van der Waals surface area contributed by atoms with E-state index >= 15 is 0 Å². The zero-order valence-corrected chi connectivity index (χ0v) is 23.6. The number of hydrogen-bond acceptors (Lipinski definition) is 8. The van der Waals surface area contributed by atoms with Crippen molar-refractivity contribution in [2.75, 3.05) is 32.7 Å². The maximum absolute atomic E-state index is 13.8. The molecule has 9 nitrogen and oxygen atoms in total. The average molecular weight is 547 g/mol. The molecule has 0 radical (unpaired) electrons. The molecule has 0 saturated carbocycles. The Labute approximate surface area is 234 Å². The molecular weight excluding hydrogens is 508 g/mol. The highest BCUT2D eigenvalue weighted by molar-refractivity contribution is 5.89. The number of ether oxygens (including phenoxy) is 1. The van der Waals surface area contributed by atoms with E-state index in [1.807, 2.05) is 6.92 Å². The molecule has 6 rings (SSSR count). The van der Waals surface area contributed by atoms with Gasteiger partial charge in [-0.1, -0.05) is 20.8 Å². The van der Waals surface area contributed by atoms with Crippen molar-refractivity contribution < 1.29 is 19.7 Å². The van der Waals surface area contributed by atoms with Gasteiger partial charge in [-0.15, -0.1) is 0 Å². The number of pyridine rings is 2. The zero-order chi connectivity index (χ0) is 28.2. The number of aryl methyl sites for hydroxylation is 1. The number of aliphatic hydroxyl groups is 1. The molecule has 3 aromatic rings. The number of rotatable bonds is 7. The number of aromatic hydroxyl groups is 1. The number of carbonyl (C=O) groups excluding carboxylic acids is 1. The van der Waals surface area contributed by atoms with E-state index in [4.69, 9.17) is 9.72 Å². The van der Waals surface area contributed by atoms with Crippen LogP contribution in [0.3, 0.4) is 0 Å². The summed E-state index contributed by atoms with van der Waals surface area (Å²) in [7, 11) is 0. The summed E-state index contributed by atoms with van der Waals surface area (Å²) in [6.45, 7) is 11.1. The van der Waals surface area contributed by atoms with Crippen LogP contribution in [0.5, 0.6) is 5.75 Å². The number of hydrogen-bond donors (Lipinski definition) is 2. The second-order valence-corrected chi connectivity index (χ2v) is 11.3. The van der Waals surface area contributed by atoms with E-state index in [2.05, 4.69) is 23.6 Å². The fraction of sp³-hybridized carbons (Fsp3) is 0.516. The van der Waals surface area contributed by atoms with Gasteiger partial charge < -0.3 is 29.3 Å². The molecule has 1 aromatic carbocycles. The summed E-state index contributed by atoms with van der Waals surface area (Å²) in [5.74, 6) is -0.526. The monoisotopic (exact) mass is 546 g/mol. The predicted octanol–water partition coefficient (Wildman–Crippen LogP) is 3.13. The quantitative estimate of drug-likeness (QED) is 0.341. The molecule has 2 N–H and O–H groups in total. The third-order valence-corrected chi connectivity index (χ3v) is 9.31. The first-order valence-electron chi connectivity index (χ1n) is 14.6. The molecule has 5 heterocycles. The molecule has 3 aliphatic rings. The Morgan fingerprint density at radius 2 is 1.85 bits per heavy atom. The fourth-order valence-corrected chi connectivity index (χ4v) is 7.02. The lowest BCUT2D eigenvalue weighted by Crippen LogP contribution is -2.49. The number of carbonyl (C=O) groups is 1. The van der Waals surface area contributed by atoms with Crippen LogP contribution in [-0.4, -0.2) is 74.3 Å². The summed E-state index contributed by atoms with van der Waals surface area (Å²) in [6.07, 6.45) is 2.99. The number of piperidine rings is 1. The minimum absolute atomic E-state index is 0.148. The normalized spacial score (nSPS) is 21.0. The standard InChI is InChI=1S/C31H38N4O5/c1-4-21-22-15-20(36)7-8-26(22)32-28-23(21)17-35-27(28)16-25-24(29(35)37)18-40-30(38)31(25,39)11-14-33-12-9-19(10-13-33)34(5-2)6-3/h7-8,15-16,19,36,39H,4-6,9-14,17-18H2,1-3H3/t31-/m0/s1. The van der Waals surface area contributed by atoms with Crippen LogP contribution in [0.2, 0.25) is 0 Å². The zero-order valence-electron chi connectivity index (χ0n) is 23.6. The molecule has 2 aromatic heterocycles. The number of nitrogens with zero attached hydrogens (tertiary/aromatic N) is 4. The van der Waals surface area contributed by atoms with Gasteiger partial charge in [0.1, 0.15) is 12.4 Å². The van der Waals surface area contributed by atoms with Crippen molar-refractivity contribution in [1.29, 1.82) is 0 Å². The van der Waals surface area contributed by atoms with E-state index in [1.54, 1.807) is 28.8 Å². The van der Waals surface area contributed by atoms with Crippen molar-refractivity contribution in [3.8, 4) is 17.1 Å². The van der Waals surface area contributed by atoms with Gasteiger partial charge in [-0.05, 0) is 75.3 Å². The summed E-state index contributed by atoms with van der Waals surface area (Å²) in [5.41, 5.74) is 2.53. The van der Waals surface area contributed by atoms with Crippen molar-refractivity contribution in [1.82, 2.24) is 19.4 Å². The highest BCUT2D eigenvalue weighted by Gasteiger charge is 2.47. The molecule has 1 saturated heterocycles. The second-order valence-electron chi connectivity index (χ2n) is 11.3. The minimum Gasteiger partial charge on any atom is -0.508 e. The molecule has 0 aliphatic carbocycles. The number of aromatic nitrogens is 2. The number of phenolic OH excluding ortho intramolecular Hbond substituents is 1. The molecular formula is C31H38N4O5. The van der Waals surface area contributed by atoms with E-state index in [-0.39, 0.29) is 24.3 Å². The molecule has 0 bridgehead atoms. The van der Waals surface area contributed by atoms with Gasteiger partial charge in [0.15, 0.2) is 5.60 Å². The van der Waals surface area contributed by atoms with Gasteiger partial charge >= 0.3 is 5.97 Å². The maximum atomic E-state index is 13.8. The van der Waals surface area contributed by atoms with E-state index in [9.17, 15) is 19.8 Å². The topological polar surface area (TPSA) is 108 Å². The summed E-state index contributed by atoms with van der Waals surface area (Å²) in [6, 6.07) is 7.46. The number of esters is 1. The van der Waals surface area contributed by atoms with Crippen LogP contribution in [0.1, 0.15) is 62.3 Å². The molecule has 3 aliphatic heterocycles. The van der Waals surface area contributed by atoms with E-state index in [0.717, 1.165) is 61.1 Å². The predicted molar refractivity (Wildman–Crippen MR) is 152 cm³/mol. The number of fused-ring (bicyclic) bond motifs is 5. The lowest BCUT2D eigenvalue weighted by molar-refractivity contribution is -0.173. The molecule has 212 valence electrons. The Morgan fingerprint density at radius 1 is 1.10 bits per heavy atom. The van der Waals surface area contributed by atoms with Gasteiger partial charge in [0.2, 0.25) is 0 Å². The van der Waals surface area contributed by atoms with Gasteiger partial charge in [0.25, 0.3) is 5.56 Å². The van der Waals surface area contributed by atoms with Crippen LogP contribution in [0.4, 0.5) is 0 Å². The minimum atomic E-state index is -1.89. The molecule has 1 fully saturated rings. The first kappa shape index (κ1) is 26.9.